The van der Waals surface area contributed by atoms with Crippen LogP contribution in [0.2, 0.25) is 0 Å². The Bertz CT molecular complexity index is 875. The van der Waals surface area contributed by atoms with Gasteiger partial charge in [0.15, 0.2) is 0 Å². The number of hydrogen-bond acceptors (Lipinski definition) is 4. The van der Waals surface area contributed by atoms with Gasteiger partial charge < -0.3 is 19.7 Å². The normalized spacial score (nSPS) is 18.8. The summed E-state index contributed by atoms with van der Waals surface area (Å²) in [4.78, 5) is 15.8. The van der Waals surface area contributed by atoms with E-state index in [1.165, 1.54) is 38.4 Å². The molecule has 2 aromatic rings. The van der Waals surface area contributed by atoms with E-state index in [0.717, 1.165) is 18.7 Å². The number of amides is 1. The van der Waals surface area contributed by atoms with Gasteiger partial charge in [-0.1, -0.05) is 24.6 Å². The molecular weight excluding hydrogens is 407 g/mol. The Morgan fingerprint density at radius 3 is 2.47 bits per heavy atom. The number of hydrogen-bond donors (Lipinski definition) is 1. The summed E-state index contributed by atoms with van der Waals surface area (Å²) in [6.07, 6.45) is 5.88. The molecule has 0 unspecified atom stereocenters. The first-order chi connectivity index (χ1) is 15.7. The molecule has 0 spiro atoms. The van der Waals surface area contributed by atoms with Crippen molar-refractivity contribution in [3.8, 4) is 5.75 Å². The van der Waals surface area contributed by atoms with Crippen LogP contribution in [0.5, 0.6) is 5.75 Å². The molecule has 0 aliphatic carbocycles. The summed E-state index contributed by atoms with van der Waals surface area (Å²) in [6, 6.07) is 14.0. The Labute approximate surface area is 189 Å². The van der Waals surface area contributed by atoms with Crippen LogP contribution in [0, 0.1) is 5.82 Å². The van der Waals surface area contributed by atoms with E-state index >= 15 is 0 Å². The fourth-order valence-corrected chi connectivity index (χ4v) is 4.73. The van der Waals surface area contributed by atoms with Gasteiger partial charge in [0.05, 0.1) is 12.0 Å². The highest BCUT2D eigenvalue weighted by atomic mass is 19.1. The van der Waals surface area contributed by atoms with Gasteiger partial charge in [0, 0.05) is 31.0 Å². The zero-order chi connectivity index (χ0) is 22.2. The zero-order valence-corrected chi connectivity index (χ0v) is 18.7. The third-order valence-corrected chi connectivity index (χ3v) is 6.62. The highest BCUT2D eigenvalue weighted by molar-refractivity contribution is 5.99. The average Bonchev–Trinajstić information content (AvgIpc) is 2.84. The topological polar surface area (TPSA) is 50.8 Å². The minimum atomic E-state index is -0.923. The van der Waals surface area contributed by atoms with Crippen molar-refractivity contribution in [2.45, 2.75) is 43.9 Å². The fraction of sp³-hybridized carbons (Fsp3) is 0.500. The quantitative estimate of drug-likeness (QED) is 0.601. The summed E-state index contributed by atoms with van der Waals surface area (Å²) in [5.41, 5.74) is 0.195. The Balaban J connectivity index is 1.33. The second-order valence-electron chi connectivity index (χ2n) is 8.76. The van der Waals surface area contributed by atoms with Gasteiger partial charge in [0.25, 0.3) is 0 Å². The molecule has 0 aromatic heterocycles. The molecule has 2 aliphatic rings. The number of likely N-dealkylation sites (tertiary alicyclic amines) is 1. The molecular formula is C26H33FN2O3. The fourth-order valence-electron chi connectivity index (χ4n) is 4.73. The molecule has 2 saturated heterocycles. The highest BCUT2D eigenvalue weighted by Gasteiger charge is 2.43. The van der Waals surface area contributed by atoms with Gasteiger partial charge in [-0.25, -0.2) is 4.39 Å². The van der Waals surface area contributed by atoms with E-state index < -0.39 is 5.41 Å². The summed E-state index contributed by atoms with van der Waals surface area (Å²) < 4.78 is 25.9. The number of halogens is 1. The molecule has 0 saturated carbocycles. The van der Waals surface area contributed by atoms with Crippen LogP contribution < -0.4 is 10.1 Å². The summed E-state index contributed by atoms with van der Waals surface area (Å²) >= 11 is 0. The largest absolute Gasteiger partial charge is 0.494 e. The maximum atomic E-state index is 14.6. The van der Waals surface area contributed by atoms with Crippen molar-refractivity contribution >= 4 is 11.6 Å². The van der Waals surface area contributed by atoms with Crippen molar-refractivity contribution in [3.05, 3.63) is 59.9 Å². The lowest BCUT2D eigenvalue weighted by molar-refractivity contribution is -0.125. The van der Waals surface area contributed by atoms with E-state index in [1.807, 2.05) is 24.3 Å². The number of nitrogens with one attached hydrogen (secondary N) is 1. The van der Waals surface area contributed by atoms with Gasteiger partial charge in [-0.2, -0.15) is 0 Å². The van der Waals surface area contributed by atoms with Crippen LogP contribution in [-0.2, 0) is 14.9 Å². The molecule has 2 heterocycles. The monoisotopic (exact) mass is 440 g/mol. The third-order valence-electron chi connectivity index (χ3n) is 6.62. The van der Waals surface area contributed by atoms with Crippen LogP contribution in [0.3, 0.4) is 0 Å². The smallest absolute Gasteiger partial charge is 0.235 e. The van der Waals surface area contributed by atoms with E-state index in [2.05, 4.69) is 10.2 Å². The summed E-state index contributed by atoms with van der Waals surface area (Å²) in [5.74, 6) is 0.246. The molecule has 1 amide bonds. The molecule has 5 nitrogen and oxygen atoms in total. The second kappa shape index (κ2) is 10.9. The molecule has 2 aromatic carbocycles. The van der Waals surface area contributed by atoms with Crippen molar-refractivity contribution in [2.24, 2.45) is 0 Å². The van der Waals surface area contributed by atoms with Crippen molar-refractivity contribution < 1.29 is 18.7 Å². The van der Waals surface area contributed by atoms with Gasteiger partial charge in [-0.05, 0) is 75.5 Å². The van der Waals surface area contributed by atoms with E-state index in [0.29, 0.717) is 43.9 Å². The van der Waals surface area contributed by atoms with Gasteiger partial charge >= 0.3 is 0 Å². The highest BCUT2D eigenvalue weighted by Crippen LogP contribution is 2.37. The lowest BCUT2D eigenvalue weighted by Gasteiger charge is -2.36. The number of carbonyl (C=O) groups is 1. The molecule has 0 radical (unpaired) electrons. The van der Waals surface area contributed by atoms with E-state index in [1.54, 1.807) is 18.2 Å². The van der Waals surface area contributed by atoms with E-state index in [-0.39, 0.29) is 11.7 Å². The first kappa shape index (κ1) is 22.7. The van der Waals surface area contributed by atoms with Crippen molar-refractivity contribution in [1.82, 2.24) is 4.90 Å². The molecule has 0 atom stereocenters. The number of nitrogens with zero attached hydrogens (tertiary/aromatic N) is 1. The summed E-state index contributed by atoms with van der Waals surface area (Å²) in [6.45, 7) is 5.04. The number of benzene rings is 2. The van der Waals surface area contributed by atoms with E-state index in [9.17, 15) is 9.18 Å². The number of anilines is 1. The Morgan fingerprint density at radius 1 is 1.03 bits per heavy atom. The van der Waals surface area contributed by atoms with Crippen LogP contribution in [0.4, 0.5) is 10.1 Å². The van der Waals surface area contributed by atoms with Crippen molar-refractivity contribution in [2.75, 3.05) is 44.8 Å². The Hall–Kier alpha value is -2.44. The first-order valence-corrected chi connectivity index (χ1v) is 11.8. The van der Waals surface area contributed by atoms with Gasteiger partial charge in [0.2, 0.25) is 5.91 Å². The summed E-state index contributed by atoms with van der Waals surface area (Å²) in [7, 11) is 0. The predicted octanol–water partition coefficient (Wildman–Crippen LogP) is 4.77. The first-order valence-electron chi connectivity index (χ1n) is 11.8. The standard InChI is InChI=1S/C26H33FN2O3/c27-24-8-3-2-7-23(24)26(13-19-31-20-14-26)25(30)28-21-9-11-22(12-10-21)32-18-6-17-29-15-4-1-5-16-29/h2-3,7-12H,1,4-6,13-20H2,(H,28,30). The van der Waals surface area contributed by atoms with Crippen LogP contribution in [0.25, 0.3) is 0 Å². The van der Waals surface area contributed by atoms with Crippen LogP contribution in [0.15, 0.2) is 48.5 Å². The molecule has 172 valence electrons. The van der Waals surface area contributed by atoms with Crippen LogP contribution in [-0.4, -0.2) is 50.3 Å². The van der Waals surface area contributed by atoms with Gasteiger partial charge in [-0.3, -0.25) is 4.79 Å². The molecule has 2 fully saturated rings. The lowest BCUT2D eigenvalue weighted by Crippen LogP contribution is -2.45. The van der Waals surface area contributed by atoms with Crippen LogP contribution in [0.1, 0.15) is 44.1 Å². The van der Waals surface area contributed by atoms with Crippen molar-refractivity contribution in [3.63, 3.8) is 0 Å². The maximum Gasteiger partial charge on any atom is 0.235 e. The van der Waals surface area contributed by atoms with E-state index in [4.69, 9.17) is 9.47 Å². The van der Waals surface area contributed by atoms with Crippen molar-refractivity contribution in [1.29, 1.82) is 0 Å². The zero-order valence-electron chi connectivity index (χ0n) is 18.7. The maximum absolute atomic E-state index is 14.6. The average molecular weight is 441 g/mol. The SMILES string of the molecule is O=C(Nc1ccc(OCCCN2CCCCC2)cc1)C1(c2ccccc2F)CCOCC1. The third kappa shape index (κ3) is 5.48. The van der Waals surface area contributed by atoms with Gasteiger partial charge in [0.1, 0.15) is 11.6 Å². The molecule has 2 aliphatic heterocycles. The van der Waals surface area contributed by atoms with Crippen LogP contribution >= 0.6 is 0 Å². The Morgan fingerprint density at radius 2 is 1.75 bits per heavy atom. The molecule has 6 heteroatoms. The summed E-state index contributed by atoms with van der Waals surface area (Å²) in [5, 5.41) is 2.99. The molecule has 1 N–H and O–H groups in total. The molecule has 32 heavy (non-hydrogen) atoms. The predicted molar refractivity (Wildman–Crippen MR) is 124 cm³/mol. The Kier molecular flexibility index (Phi) is 7.76. The minimum Gasteiger partial charge on any atom is -0.494 e. The number of rotatable bonds is 8. The minimum absolute atomic E-state index is 0.193. The lowest BCUT2D eigenvalue weighted by atomic mass is 9.73. The number of ether oxygens (including phenoxy) is 2. The number of carbonyl (C=O) groups excluding carboxylic acids is 1. The number of piperidine rings is 1. The molecule has 0 bridgehead atoms. The molecule has 4 rings (SSSR count). The van der Waals surface area contributed by atoms with Gasteiger partial charge in [-0.15, -0.1) is 0 Å². The second-order valence-corrected chi connectivity index (χ2v) is 8.76.